The van der Waals surface area contributed by atoms with Crippen molar-refractivity contribution >= 4 is 5.78 Å². The first-order valence-corrected chi connectivity index (χ1v) is 8.36. The van der Waals surface area contributed by atoms with Crippen LogP contribution in [-0.4, -0.2) is 11.9 Å². The van der Waals surface area contributed by atoms with Gasteiger partial charge < -0.3 is 5.32 Å². The lowest BCUT2D eigenvalue weighted by Crippen LogP contribution is -2.50. The Labute approximate surface area is 136 Å². The molecule has 4 rings (SSSR count). The number of nitrogens with one attached hydrogen (secondary N) is 1. The molecule has 4 heteroatoms. The number of carbonyl (C=O) groups excluding carboxylic acids is 1. The molecule has 1 unspecified atom stereocenters. The standard InChI is InChI=1S/C19H21N3O/c1-3-19(13-7-5-4-6-8-13)14-11-20-22-18(14)21-15-9-12(2)10-16(23)17(15)19/h4-8,11-12,18,21H,3,9-10H2,1-2H3/t12-,18?,19-/m0/s1. The molecule has 0 saturated carbocycles. The fourth-order valence-electron chi connectivity index (χ4n) is 4.41. The molecule has 1 aliphatic carbocycles. The van der Waals surface area contributed by atoms with Crippen molar-refractivity contribution in [2.24, 2.45) is 16.1 Å². The van der Waals surface area contributed by atoms with Crippen LogP contribution in [0, 0.1) is 5.92 Å². The molecule has 0 radical (unpaired) electrons. The van der Waals surface area contributed by atoms with Crippen LogP contribution < -0.4 is 5.32 Å². The first-order chi connectivity index (χ1) is 11.2. The molecule has 0 amide bonds. The first kappa shape index (κ1) is 14.4. The number of nitrogens with zero attached hydrogens (tertiary/aromatic N) is 2. The predicted octanol–water partition coefficient (Wildman–Crippen LogP) is 3.87. The van der Waals surface area contributed by atoms with Crippen LogP contribution in [0.2, 0.25) is 0 Å². The van der Waals surface area contributed by atoms with Gasteiger partial charge in [0.2, 0.25) is 0 Å². The van der Waals surface area contributed by atoms with Crippen molar-refractivity contribution in [3.8, 4) is 0 Å². The number of benzene rings is 1. The maximum Gasteiger partial charge on any atom is 0.164 e. The van der Waals surface area contributed by atoms with E-state index in [-0.39, 0.29) is 11.9 Å². The Bertz CT molecular complexity index is 747. The number of hydrogen-bond acceptors (Lipinski definition) is 4. The fourth-order valence-corrected chi connectivity index (χ4v) is 4.41. The third-order valence-electron chi connectivity index (χ3n) is 5.37. The lowest BCUT2D eigenvalue weighted by Gasteiger charge is -2.46. The molecular formula is C19H21N3O. The van der Waals surface area contributed by atoms with Crippen LogP contribution in [0.15, 0.2) is 63.6 Å². The molecule has 1 aromatic rings. The second-order valence-electron chi connectivity index (χ2n) is 6.78. The third kappa shape index (κ3) is 1.94. The molecule has 1 aromatic carbocycles. The number of ketones is 1. The van der Waals surface area contributed by atoms with Crippen LogP contribution in [-0.2, 0) is 10.2 Å². The monoisotopic (exact) mass is 307 g/mol. The largest absolute Gasteiger partial charge is 0.362 e. The summed E-state index contributed by atoms with van der Waals surface area (Å²) in [6.07, 6.45) is 4.09. The molecule has 3 aliphatic rings. The van der Waals surface area contributed by atoms with Gasteiger partial charge in [-0.2, -0.15) is 10.2 Å². The zero-order valence-corrected chi connectivity index (χ0v) is 13.5. The molecule has 4 nitrogen and oxygen atoms in total. The number of rotatable bonds is 2. The minimum absolute atomic E-state index is 0.132. The van der Waals surface area contributed by atoms with Gasteiger partial charge in [0, 0.05) is 23.3 Å². The van der Waals surface area contributed by atoms with Crippen LogP contribution >= 0.6 is 0 Å². The fraction of sp³-hybridized carbons (Fsp3) is 0.421. The summed E-state index contributed by atoms with van der Waals surface area (Å²) in [5, 5.41) is 12.0. The number of hydrogen-bond donors (Lipinski definition) is 1. The minimum Gasteiger partial charge on any atom is -0.362 e. The normalized spacial score (nSPS) is 32.3. The summed E-state index contributed by atoms with van der Waals surface area (Å²) in [4.78, 5) is 13.0. The van der Waals surface area contributed by atoms with Crippen molar-refractivity contribution < 1.29 is 4.79 Å². The zero-order valence-electron chi connectivity index (χ0n) is 13.5. The maximum atomic E-state index is 13.0. The highest BCUT2D eigenvalue weighted by Crippen LogP contribution is 2.51. The van der Waals surface area contributed by atoms with Gasteiger partial charge in [0.1, 0.15) is 0 Å². The summed E-state index contributed by atoms with van der Waals surface area (Å²) in [6.45, 7) is 4.30. The Hall–Kier alpha value is -2.23. The number of allylic oxidation sites excluding steroid dienone is 2. The van der Waals surface area contributed by atoms with Gasteiger partial charge in [0.15, 0.2) is 11.9 Å². The van der Waals surface area contributed by atoms with E-state index in [1.807, 2.05) is 24.4 Å². The quantitative estimate of drug-likeness (QED) is 0.902. The van der Waals surface area contributed by atoms with Gasteiger partial charge in [0.25, 0.3) is 0 Å². The third-order valence-corrected chi connectivity index (χ3v) is 5.37. The molecule has 0 spiro atoms. The second-order valence-corrected chi connectivity index (χ2v) is 6.78. The van der Waals surface area contributed by atoms with E-state index in [1.54, 1.807) is 0 Å². The molecule has 1 N–H and O–H groups in total. The summed E-state index contributed by atoms with van der Waals surface area (Å²) in [6, 6.07) is 10.4. The van der Waals surface area contributed by atoms with Crippen molar-refractivity contribution in [2.75, 3.05) is 0 Å². The van der Waals surface area contributed by atoms with E-state index in [2.05, 4.69) is 41.5 Å². The summed E-state index contributed by atoms with van der Waals surface area (Å²) in [5.41, 5.74) is 3.89. The molecule has 0 bridgehead atoms. The van der Waals surface area contributed by atoms with E-state index in [0.717, 1.165) is 29.7 Å². The van der Waals surface area contributed by atoms with Gasteiger partial charge in [-0.3, -0.25) is 4.79 Å². The Kier molecular flexibility index (Phi) is 3.22. The molecule has 118 valence electrons. The predicted molar refractivity (Wildman–Crippen MR) is 88.7 cm³/mol. The molecular weight excluding hydrogens is 286 g/mol. The zero-order chi connectivity index (χ0) is 16.0. The molecule has 2 aliphatic heterocycles. The van der Waals surface area contributed by atoms with E-state index >= 15 is 0 Å². The van der Waals surface area contributed by atoms with Crippen molar-refractivity contribution in [1.29, 1.82) is 0 Å². The van der Waals surface area contributed by atoms with Gasteiger partial charge in [-0.05, 0) is 24.3 Å². The van der Waals surface area contributed by atoms with Crippen LogP contribution in [0.4, 0.5) is 0 Å². The topological polar surface area (TPSA) is 53.8 Å². The summed E-state index contributed by atoms with van der Waals surface area (Å²) < 4.78 is 0. The van der Waals surface area contributed by atoms with E-state index in [1.165, 1.54) is 5.56 Å². The lowest BCUT2D eigenvalue weighted by atomic mass is 9.60. The van der Waals surface area contributed by atoms with Crippen molar-refractivity contribution in [3.05, 3.63) is 58.9 Å². The van der Waals surface area contributed by atoms with Crippen LogP contribution in [0.1, 0.15) is 38.7 Å². The molecule has 3 atom stereocenters. The highest BCUT2D eigenvalue weighted by molar-refractivity contribution is 6.01. The van der Waals surface area contributed by atoms with E-state index in [9.17, 15) is 4.79 Å². The smallest absolute Gasteiger partial charge is 0.164 e. The number of azo groups is 1. The van der Waals surface area contributed by atoms with Gasteiger partial charge in [0.05, 0.1) is 11.6 Å². The van der Waals surface area contributed by atoms with E-state index in [4.69, 9.17) is 0 Å². The van der Waals surface area contributed by atoms with E-state index < -0.39 is 5.41 Å². The van der Waals surface area contributed by atoms with E-state index in [0.29, 0.717) is 12.3 Å². The Morgan fingerprint density at radius 3 is 2.78 bits per heavy atom. The SMILES string of the molecule is CC[C@]1(c2ccccc2)C2=CN=NC2NC2=C1C(=O)C[C@@H](C)C2. The van der Waals surface area contributed by atoms with Crippen molar-refractivity contribution in [3.63, 3.8) is 0 Å². The summed E-state index contributed by atoms with van der Waals surface area (Å²) in [5.74, 6) is 0.645. The van der Waals surface area contributed by atoms with Crippen LogP contribution in [0.3, 0.4) is 0 Å². The first-order valence-electron chi connectivity index (χ1n) is 8.36. The number of fused-ring (bicyclic) bond motifs is 1. The second kappa shape index (κ2) is 5.15. The summed E-state index contributed by atoms with van der Waals surface area (Å²) >= 11 is 0. The van der Waals surface area contributed by atoms with Crippen LogP contribution in [0.25, 0.3) is 0 Å². The van der Waals surface area contributed by atoms with Gasteiger partial charge >= 0.3 is 0 Å². The molecule has 0 fully saturated rings. The highest BCUT2D eigenvalue weighted by atomic mass is 16.1. The molecule has 0 aromatic heterocycles. The summed E-state index contributed by atoms with van der Waals surface area (Å²) in [7, 11) is 0. The van der Waals surface area contributed by atoms with Crippen molar-refractivity contribution in [2.45, 2.75) is 44.7 Å². The number of carbonyl (C=O) groups is 1. The van der Waals surface area contributed by atoms with Crippen molar-refractivity contribution in [1.82, 2.24) is 5.32 Å². The lowest BCUT2D eigenvalue weighted by molar-refractivity contribution is -0.117. The average Bonchev–Trinajstić information content (AvgIpc) is 3.02. The average molecular weight is 307 g/mol. The maximum absolute atomic E-state index is 13.0. The Morgan fingerprint density at radius 1 is 1.26 bits per heavy atom. The molecule has 0 saturated heterocycles. The Morgan fingerprint density at radius 2 is 2.04 bits per heavy atom. The molecule has 23 heavy (non-hydrogen) atoms. The minimum atomic E-state index is -0.396. The Balaban J connectivity index is 2.00. The van der Waals surface area contributed by atoms with Gasteiger partial charge in [-0.1, -0.05) is 44.2 Å². The molecule has 2 heterocycles. The van der Waals surface area contributed by atoms with Gasteiger partial charge in [-0.15, -0.1) is 0 Å². The van der Waals surface area contributed by atoms with Gasteiger partial charge in [-0.25, -0.2) is 0 Å². The number of Topliss-reactive ketones (excluding diaryl/α,β-unsaturated/α-hetero) is 1. The van der Waals surface area contributed by atoms with Crippen LogP contribution in [0.5, 0.6) is 0 Å². The highest BCUT2D eigenvalue weighted by Gasteiger charge is 2.51.